The van der Waals surface area contributed by atoms with Crippen LogP contribution in [-0.4, -0.2) is 16.5 Å². The number of nitrogens with zero attached hydrogens (tertiary/aromatic N) is 3. The zero-order valence-electron chi connectivity index (χ0n) is 14.1. The molecule has 4 rings (SSSR count). The number of pyridine rings is 1. The number of fused-ring (bicyclic) bond motifs is 1. The van der Waals surface area contributed by atoms with E-state index in [2.05, 4.69) is 65.3 Å². The molecule has 2 aromatic carbocycles. The fourth-order valence-electron chi connectivity index (χ4n) is 2.93. The van der Waals surface area contributed by atoms with Gasteiger partial charge in [-0.2, -0.15) is 0 Å². The van der Waals surface area contributed by atoms with E-state index in [1.807, 2.05) is 24.5 Å². The lowest BCUT2D eigenvalue weighted by atomic mass is 10.1. The first-order valence-corrected chi connectivity index (χ1v) is 9.25. The van der Waals surface area contributed by atoms with Crippen LogP contribution in [0.15, 0.2) is 73.1 Å². The van der Waals surface area contributed by atoms with Crippen LogP contribution in [-0.2, 0) is 6.54 Å². The predicted octanol–water partition coefficient (Wildman–Crippen LogP) is 5.38. The number of hydrogen-bond acceptors (Lipinski definition) is 4. The van der Waals surface area contributed by atoms with Crippen molar-refractivity contribution in [2.24, 2.45) is 0 Å². The number of hydrogen-bond donors (Lipinski definition) is 0. The molecule has 0 amide bonds. The van der Waals surface area contributed by atoms with Crippen molar-refractivity contribution in [3.8, 4) is 10.6 Å². The Balaban J connectivity index is 1.65. The normalized spacial score (nSPS) is 10.9. The summed E-state index contributed by atoms with van der Waals surface area (Å²) >= 11 is 1.74. The summed E-state index contributed by atoms with van der Waals surface area (Å²) in [5.74, 6) is 0. The summed E-state index contributed by atoms with van der Waals surface area (Å²) in [4.78, 5) is 11.4. The number of benzene rings is 2. The monoisotopic (exact) mass is 345 g/mol. The number of rotatable bonds is 5. The molecule has 0 aliphatic rings. The minimum atomic E-state index is 0.855. The molecule has 0 unspecified atom stereocenters. The highest BCUT2D eigenvalue weighted by molar-refractivity contribution is 7.21. The highest BCUT2D eigenvalue weighted by Gasteiger charge is 2.10. The minimum Gasteiger partial charge on any atom is -0.367 e. The van der Waals surface area contributed by atoms with Crippen molar-refractivity contribution < 1.29 is 0 Å². The maximum atomic E-state index is 4.78. The van der Waals surface area contributed by atoms with E-state index in [1.54, 1.807) is 11.3 Å². The standard InChI is InChI=1S/C21H19N3S/c1-2-24(15-16-7-6-12-22-14-16)18-9-5-8-17(13-18)21-23-19-10-3-4-11-20(19)25-21/h3-14H,2,15H2,1H3. The van der Waals surface area contributed by atoms with Gasteiger partial charge in [0.05, 0.1) is 10.2 Å². The number of thiazole rings is 1. The van der Waals surface area contributed by atoms with E-state index in [-0.39, 0.29) is 0 Å². The summed E-state index contributed by atoms with van der Waals surface area (Å²) in [6.07, 6.45) is 3.74. The van der Waals surface area contributed by atoms with Crippen molar-refractivity contribution in [2.45, 2.75) is 13.5 Å². The molecule has 0 radical (unpaired) electrons. The van der Waals surface area contributed by atoms with Crippen LogP contribution in [0, 0.1) is 0 Å². The summed E-state index contributed by atoms with van der Waals surface area (Å²) in [5.41, 5.74) is 4.66. The van der Waals surface area contributed by atoms with Gasteiger partial charge in [-0.15, -0.1) is 11.3 Å². The van der Waals surface area contributed by atoms with Gasteiger partial charge in [-0.05, 0) is 42.8 Å². The lowest BCUT2D eigenvalue weighted by Gasteiger charge is -2.23. The van der Waals surface area contributed by atoms with Crippen molar-refractivity contribution in [3.05, 3.63) is 78.6 Å². The van der Waals surface area contributed by atoms with E-state index in [9.17, 15) is 0 Å². The Morgan fingerprint density at radius 2 is 1.92 bits per heavy atom. The third-order valence-corrected chi connectivity index (χ3v) is 5.32. The van der Waals surface area contributed by atoms with E-state index < -0.39 is 0 Å². The summed E-state index contributed by atoms with van der Waals surface area (Å²) in [6.45, 7) is 3.98. The van der Waals surface area contributed by atoms with Crippen molar-refractivity contribution >= 4 is 27.2 Å². The lowest BCUT2D eigenvalue weighted by molar-refractivity contribution is 0.828. The Morgan fingerprint density at radius 3 is 2.72 bits per heavy atom. The van der Waals surface area contributed by atoms with Crippen LogP contribution in [0.5, 0.6) is 0 Å². The highest BCUT2D eigenvalue weighted by atomic mass is 32.1. The van der Waals surface area contributed by atoms with Crippen molar-refractivity contribution in [1.29, 1.82) is 0 Å². The molecule has 3 nitrogen and oxygen atoms in total. The maximum Gasteiger partial charge on any atom is 0.124 e. The fraction of sp³-hybridized carbons (Fsp3) is 0.143. The summed E-state index contributed by atoms with van der Waals surface area (Å²) in [7, 11) is 0. The van der Waals surface area contributed by atoms with Gasteiger partial charge in [0, 0.05) is 36.7 Å². The zero-order valence-corrected chi connectivity index (χ0v) is 14.9. The van der Waals surface area contributed by atoms with Crippen LogP contribution in [0.2, 0.25) is 0 Å². The lowest BCUT2D eigenvalue weighted by Crippen LogP contribution is -2.21. The predicted molar refractivity (Wildman–Crippen MR) is 106 cm³/mol. The van der Waals surface area contributed by atoms with Crippen molar-refractivity contribution in [2.75, 3.05) is 11.4 Å². The van der Waals surface area contributed by atoms with E-state index >= 15 is 0 Å². The van der Waals surface area contributed by atoms with Crippen LogP contribution in [0.1, 0.15) is 12.5 Å². The molecule has 124 valence electrons. The Hall–Kier alpha value is -2.72. The first kappa shape index (κ1) is 15.8. The van der Waals surface area contributed by atoms with Gasteiger partial charge in [0.25, 0.3) is 0 Å². The number of aromatic nitrogens is 2. The molecule has 2 heterocycles. The first-order valence-electron chi connectivity index (χ1n) is 8.43. The highest BCUT2D eigenvalue weighted by Crippen LogP contribution is 2.32. The molecule has 0 aliphatic heterocycles. The maximum absolute atomic E-state index is 4.78. The SMILES string of the molecule is CCN(Cc1cccnc1)c1cccc(-c2nc3ccccc3s2)c1. The van der Waals surface area contributed by atoms with Gasteiger partial charge in [0.1, 0.15) is 5.01 Å². The van der Waals surface area contributed by atoms with Crippen LogP contribution >= 0.6 is 11.3 Å². The van der Waals surface area contributed by atoms with Crippen LogP contribution in [0.4, 0.5) is 5.69 Å². The van der Waals surface area contributed by atoms with Gasteiger partial charge in [-0.1, -0.05) is 30.3 Å². The second-order valence-corrected chi connectivity index (χ2v) is 6.94. The smallest absolute Gasteiger partial charge is 0.124 e. The van der Waals surface area contributed by atoms with Crippen LogP contribution < -0.4 is 4.90 Å². The molecule has 4 aromatic rings. The van der Waals surface area contributed by atoms with E-state index in [4.69, 9.17) is 4.98 Å². The number of para-hydroxylation sites is 1. The van der Waals surface area contributed by atoms with Gasteiger partial charge >= 0.3 is 0 Å². The van der Waals surface area contributed by atoms with E-state index in [0.717, 1.165) is 23.6 Å². The second kappa shape index (κ2) is 7.03. The Labute approximate surface area is 151 Å². The Morgan fingerprint density at radius 1 is 1.00 bits per heavy atom. The van der Waals surface area contributed by atoms with Gasteiger partial charge in [-0.3, -0.25) is 4.98 Å². The second-order valence-electron chi connectivity index (χ2n) is 5.91. The molecule has 0 N–H and O–H groups in total. The van der Waals surface area contributed by atoms with Crippen LogP contribution in [0.3, 0.4) is 0 Å². The quantitative estimate of drug-likeness (QED) is 0.486. The first-order chi connectivity index (χ1) is 12.3. The summed E-state index contributed by atoms with van der Waals surface area (Å²) < 4.78 is 1.23. The molecule has 0 saturated heterocycles. The Bertz CT molecular complexity index is 946. The third-order valence-electron chi connectivity index (χ3n) is 4.23. The molecule has 0 bridgehead atoms. The van der Waals surface area contributed by atoms with E-state index in [1.165, 1.54) is 21.5 Å². The summed E-state index contributed by atoms with van der Waals surface area (Å²) in [6, 6.07) is 21.0. The topological polar surface area (TPSA) is 29.0 Å². The largest absolute Gasteiger partial charge is 0.367 e. The molecule has 0 spiro atoms. The average molecular weight is 345 g/mol. The Kier molecular flexibility index (Phi) is 4.44. The molecule has 0 fully saturated rings. The van der Waals surface area contributed by atoms with Crippen LogP contribution in [0.25, 0.3) is 20.8 Å². The van der Waals surface area contributed by atoms with Gasteiger partial charge in [-0.25, -0.2) is 4.98 Å². The van der Waals surface area contributed by atoms with E-state index in [0.29, 0.717) is 0 Å². The third kappa shape index (κ3) is 3.39. The van der Waals surface area contributed by atoms with Crippen molar-refractivity contribution in [1.82, 2.24) is 9.97 Å². The molecule has 0 saturated carbocycles. The minimum absolute atomic E-state index is 0.855. The molecule has 0 atom stereocenters. The average Bonchev–Trinajstić information content (AvgIpc) is 3.11. The fourth-order valence-corrected chi connectivity index (χ4v) is 3.89. The molecule has 0 aliphatic carbocycles. The van der Waals surface area contributed by atoms with Gasteiger partial charge < -0.3 is 4.90 Å². The molecule has 25 heavy (non-hydrogen) atoms. The number of anilines is 1. The molecule has 4 heteroatoms. The molecular formula is C21H19N3S. The van der Waals surface area contributed by atoms with Gasteiger partial charge in [0.2, 0.25) is 0 Å². The van der Waals surface area contributed by atoms with Gasteiger partial charge in [0.15, 0.2) is 0 Å². The van der Waals surface area contributed by atoms with Crippen molar-refractivity contribution in [3.63, 3.8) is 0 Å². The molecular weight excluding hydrogens is 326 g/mol. The summed E-state index contributed by atoms with van der Waals surface area (Å²) in [5, 5.41) is 1.07. The molecule has 2 aromatic heterocycles. The zero-order chi connectivity index (χ0) is 17.1.